The maximum Gasteiger partial charge on any atom is 0.261 e. The molecule has 1 aliphatic heterocycles. The molecule has 1 heterocycles. The molecule has 1 aromatic rings. The lowest BCUT2D eigenvalue weighted by Crippen LogP contribution is -2.29. The molecule has 17 heavy (non-hydrogen) atoms. The smallest absolute Gasteiger partial charge is 0.261 e. The fourth-order valence-electron chi connectivity index (χ4n) is 1.68. The highest BCUT2D eigenvalue weighted by Gasteiger charge is 2.19. The number of halogens is 1. The maximum atomic E-state index is 11.2. The molecule has 1 aliphatic rings. The summed E-state index contributed by atoms with van der Waals surface area (Å²) in [5.41, 5.74) is 0.975. The maximum absolute atomic E-state index is 11.2. The normalized spacial score (nSPS) is 15.2. The fourth-order valence-corrected chi connectivity index (χ4v) is 3.62. The zero-order valence-corrected chi connectivity index (χ0v) is 11.3. The molecule has 90 valence electrons. The molecule has 0 aliphatic carbocycles. The van der Waals surface area contributed by atoms with Crippen LogP contribution in [0.15, 0.2) is 28.0 Å². The van der Waals surface area contributed by atoms with Crippen LogP contribution in [0.2, 0.25) is 0 Å². The van der Waals surface area contributed by atoms with E-state index in [0.29, 0.717) is 6.54 Å². The minimum atomic E-state index is -3.67. The van der Waals surface area contributed by atoms with Crippen molar-refractivity contribution in [2.45, 2.75) is 9.79 Å². The molecule has 2 rings (SSSR count). The van der Waals surface area contributed by atoms with E-state index in [0.717, 1.165) is 22.9 Å². The van der Waals surface area contributed by atoms with Crippen LogP contribution in [0.25, 0.3) is 0 Å². The first-order valence-corrected chi connectivity index (χ1v) is 8.22. The van der Waals surface area contributed by atoms with Crippen molar-refractivity contribution >= 4 is 37.2 Å². The molecule has 0 spiro atoms. The van der Waals surface area contributed by atoms with E-state index in [1.54, 1.807) is 23.9 Å². The van der Waals surface area contributed by atoms with Crippen LogP contribution in [0.3, 0.4) is 0 Å². The molecule has 0 amide bonds. The molecule has 0 fully saturated rings. The summed E-state index contributed by atoms with van der Waals surface area (Å²) in [7, 11) is 1.65. The van der Waals surface area contributed by atoms with E-state index in [-0.39, 0.29) is 4.90 Å². The molecule has 0 unspecified atom stereocenters. The topological polar surface area (TPSA) is 37.4 Å². The number of hydrogen-bond acceptors (Lipinski definition) is 4. The van der Waals surface area contributed by atoms with Crippen LogP contribution in [-0.2, 0) is 9.05 Å². The molecular formula is C11H10ClNO2S2. The van der Waals surface area contributed by atoms with E-state index in [4.69, 9.17) is 17.1 Å². The van der Waals surface area contributed by atoms with Crippen molar-refractivity contribution in [2.24, 2.45) is 0 Å². The van der Waals surface area contributed by atoms with Gasteiger partial charge in [0.05, 0.1) is 17.1 Å². The number of nitrogens with zero attached hydrogens (tertiary/aromatic N) is 1. The van der Waals surface area contributed by atoms with Crippen molar-refractivity contribution < 1.29 is 8.42 Å². The molecular weight excluding hydrogens is 278 g/mol. The SMILES string of the molecule is C#CCN1CCSc2cc(S(=O)(=O)Cl)ccc21. The number of benzene rings is 1. The number of fused-ring (bicyclic) bond motifs is 1. The zero-order valence-electron chi connectivity index (χ0n) is 8.89. The highest BCUT2D eigenvalue weighted by Crippen LogP contribution is 2.36. The predicted octanol–water partition coefficient (Wildman–Crippen LogP) is 2.16. The zero-order chi connectivity index (χ0) is 12.5. The third-order valence-electron chi connectivity index (χ3n) is 2.45. The summed E-state index contributed by atoms with van der Waals surface area (Å²) < 4.78 is 22.5. The molecule has 0 bridgehead atoms. The van der Waals surface area contributed by atoms with Crippen molar-refractivity contribution in [3.63, 3.8) is 0 Å². The van der Waals surface area contributed by atoms with Gasteiger partial charge in [0.25, 0.3) is 9.05 Å². The van der Waals surface area contributed by atoms with Crippen molar-refractivity contribution in [3.05, 3.63) is 18.2 Å². The summed E-state index contributed by atoms with van der Waals surface area (Å²) in [5.74, 6) is 3.48. The van der Waals surface area contributed by atoms with Crippen LogP contribution in [0.4, 0.5) is 5.69 Å². The number of terminal acetylenes is 1. The van der Waals surface area contributed by atoms with Crippen molar-refractivity contribution in [2.75, 3.05) is 23.7 Å². The largest absolute Gasteiger partial charge is 0.359 e. The van der Waals surface area contributed by atoms with Crippen LogP contribution in [0, 0.1) is 12.3 Å². The summed E-state index contributed by atoms with van der Waals surface area (Å²) in [6.07, 6.45) is 5.30. The van der Waals surface area contributed by atoms with Crippen molar-refractivity contribution in [1.29, 1.82) is 0 Å². The van der Waals surface area contributed by atoms with E-state index < -0.39 is 9.05 Å². The highest BCUT2D eigenvalue weighted by molar-refractivity contribution is 8.13. The standard InChI is InChI=1S/C11H10ClNO2S2/c1-2-5-13-6-7-16-11-8-9(17(12,14)15)3-4-10(11)13/h1,3-4,8H,5-7H2. The Morgan fingerprint density at radius 3 is 2.94 bits per heavy atom. The molecule has 3 nitrogen and oxygen atoms in total. The van der Waals surface area contributed by atoms with E-state index in [2.05, 4.69) is 10.8 Å². The molecule has 0 saturated carbocycles. The molecule has 0 atom stereocenters. The lowest BCUT2D eigenvalue weighted by atomic mass is 10.2. The minimum absolute atomic E-state index is 0.132. The predicted molar refractivity (Wildman–Crippen MR) is 71.3 cm³/mol. The lowest BCUT2D eigenvalue weighted by Gasteiger charge is -2.29. The molecule has 0 aromatic heterocycles. The molecule has 0 N–H and O–H groups in total. The van der Waals surface area contributed by atoms with Gasteiger partial charge < -0.3 is 4.90 Å². The summed E-state index contributed by atoms with van der Waals surface area (Å²) in [6, 6.07) is 4.87. The van der Waals surface area contributed by atoms with E-state index in [1.165, 1.54) is 6.07 Å². The Morgan fingerprint density at radius 2 is 2.29 bits per heavy atom. The Kier molecular flexibility index (Phi) is 3.57. The second-order valence-electron chi connectivity index (χ2n) is 3.54. The van der Waals surface area contributed by atoms with Gasteiger partial charge in [-0.2, -0.15) is 0 Å². The van der Waals surface area contributed by atoms with Gasteiger partial charge in [0, 0.05) is 27.9 Å². The van der Waals surface area contributed by atoms with E-state index in [1.807, 2.05) is 0 Å². The van der Waals surface area contributed by atoms with E-state index in [9.17, 15) is 8.42 Å². The monoisotopic (exact) mass is 287 g/mol. The van der Waals surface area contributed by atoms with Gasteiger partial charge in [-0.25, -0.2) is 8.42 Å². The Hall–Kier alpha value is -0.830. The van der Waals surface area contributed by atoms with Crippen LogP contribution < -0.4 is 4.90 Å². The second kappa shape index (κ2) is 4.81. The Balaban J connectivity index is 2.44. The summed E-state index contributed by atoms with van der Waals surface area (Å²) in [5, 5.41) is 0. The quantitative estimate of drug-likeness (QED) is 0.617. The molecule has 1 aromatic carbocycles. The third kappa shape index (κ3) is 2.71. The Morgan fingerprint density at radius 1 is 1.53 bits per heavy atom. The van der Waals surface area contributed by atoms with Crippen LogP contribution >= 0.6 is 22.4 Å². The van der Waals surface area contributed by atoms with E-state index >= 15 is 0 Å². The molecule has 0 saturated heterocycles. The average Bonchev–Trinajstić information content (AvgIpc) is 2.28. The number of rotatable bonds is 2. The van der Waals surface area contributed by atoms with Crippen molar-refractivity contribution in [1.82, 2.24) is 0 Å². The number of hydrogen-bond donors (Lipinski definition) is 0. The minimum Gasteiger partial charge on any atom is -0.359 e. The first-order chi connectivity index (χ1) is 8.02. The van der Waals surface area contributed by atoms with Gasteiger partial charge in [0.15, 0.2) is 0 Å². The molecule has 6 heteroatoms. The van der Waals surface area contributed by atoms with Crippen LogP contribution in [0.1, 0.15) is 0 Å². The summed E-state index contributed by atoms with van der Waals surface area (Å²) >= 11 is 1.62. The van der Waals surface area contributed by atoms with Gasteiger partial charge in [-0.1, -0.05) is 5.92 Å². The molecule has 0 radical (unpaired) electrons. The van der Waals surface area contributed by atoms with Gasteiger partial charge in [-0.05, 0) is 18.2 Å². The number of thioether (sulfide) groups is 1. The Bertz CT molecular complexity index is 578. The number of anilines is 1. The van der Waals surface area contributed by atoms with Gasteiger partial charge in [-0.15, -0.1) is 18.2 Å². The second-order valence-corrected chi connectivity index (χ2v) is 7.24. The highest BCUT2D eigenvalue weighted by atomic mass is 35.7. The first-order valence-electron chi connectivity index (χ1n) is 4.92. The third-order valence-corrected chi connectivity index (χ3v) is 4.83. The van der Waals surface area contributed by atoms with Gasteiger partial charge in [0.1, 0.15) is 0 Å². The van der Waals surface area contributed by atoms with Crippen molar-refractivity contribution in [3.8, 4) is 12.3 Å². The summed E-state index contributed by atoms with van der Waals surface area (Å²) in [4.78, 5) is 3.09. The van der Waals surface area contributed by atoms with Crippen LogP contribution in [0.5, 0.6) is 0 Å². The average molecular weight is 288 g/mol. The van der Waals surface area contributed by atoms with Gasteiger partial charge in [0.2, 0.25) is 0 Å². The van der Waals surface area contributed by atoms with Gasteiger partial charge >= 0.3 is 0 Å². The van der Waals surface area contributed by atoms with Gasteiger partial charge in [-0.3, -0.25) is 0 Å². The van der Waals surface area contributed by atoms with Crippen LogP contribution in [-0.4, -0.2) is 27.3 Å². The fraction of sp³-hybridized carbons (Fsp3) is 0.273. The Labute approximate surface area is 110 Å². The summed E-state index contributed by atoms with van der Waals surface area (Å²) in [6.45, 7) is 1.40. The lowest BCUT2D eigenvalue weighted by molar-refractivity contribution is 0.609. The first kappa shape index (κ1) is 12.6.